The molecule has 0 saturated heterocycles. The first-order chi connectivity index (χ1) is 9.10. The Bertz CT molecular complexity index is 563. The van der Waals surface area contributed by atoms with E-state index in [9.17, 15) is 4.79 Å². The molecule has 0 bridgehead atoms. The molecule has 0 radical (unpaired) electrons. The summed E-state index contributed by atoms with van der Waals surface area (Å²) in [5.74, 6) is 0.803. The molecule has 102 valence electrons. The molecule has 1 amide bonds. The fraction of sp³-hybridized carbons (Fsp3) is 0.455. The van der Waals surface area contributed by atoms with Gasteiger partial charge in [0.25, 0.3) is 0 Å². The molecule has 0 aromatic carbocycles. The van der Waals surface area contributed by atoms with Gasteiger partial charge in [-0.05, 0) is 6.92 Å². The van der Waals surface area contributed by atoms with E-state index in [4.69, 9.17) is 5.73 Å². The van der Waals surface area contributed by atoms with Gasteiger partial charge in [0.2, 0.25) is 11.0 Å². The lowest BCUT2D eigenvalue weighted by molar-refractivity contribution is -0.122. The number of aryl methyl sites for hydroxylation is 1. The van der Waals surface area contributed by atoms with Crippen molar-refractivity contribution in [3.63, 3.8) is 0 Å². The van der Waals surface area contributed by atoms with E-state index in [0.717, 1.165) is 12.2 Å². The minimum absolute atomic E-state index is 0.0889. The van der Waals surface area contributed by atoms with Gasteiger partial charge in [0.15, 0.2) is 0 Å². The Kier molecular flexibility index (Phi) is 4.10. The van der Waals surface area contributed by atoms with E-state index in [1.807, 2.05) is 18.4 Å². The smallest absolute Gasteiger partial charge is 0.240 e. The average Bonchev–Trinajstić information content (AvgIpc) is 2.97. The number of nitrogen functional groups attached to an aromatic ring is 1. The maximum absolute atomic E-state index is 11.9. The van der Waals surface area contributed by atoms with Gasteiger partial charge in [0.05, 0.1) is 6.04 Å². The number of hydrogen-bond acceptors (Lipinski definition) is 6. The van der Waals surface area contributed by atoms with Crippen LogP contribution in [-0.4, -0.2) is 25.7 Å². The maximum Gasteiger partial charge on any atom is 0.240 e. The van der Waals surface area contributed by atoms with Crippen molar-refractivity contribution < 1.29 is 4.79 Å². The Morgan fingerprint density at radius 3 is 3.00 bits per heavy atom. The van der Waals surface area contributed by atoms with Crippen molar-refractivity contribution in [3.8, 4) is 0 Å². The summed E-state index contributed by atoms with van der Waals surface area (Å²) in [7, 11) is 0. The summed E-state index contributed by atoms with van der Waals surface area (Å²) < 4.78 is 1.83. The molecule has 1 unspecified atom stereocenters. The van der Waals surface area contributed by atoms with E-state index in [2.05, 4.69) is 20.5 Å². The molecule has 2 heterocycles. The van der Waals surface area contributed by atoms with Crippen LogP contribution in [0.4, 0.5) is 5.13 Å². The lowest BCUT2D eigenvalue weighted by Crippen LogP contribution is -2.30. The standard InChI is InChI=1S/C11H16N6OS/c1-3-8-13-4-5-17(8)6-9(18)14-7(2)10-15-16-11(12)19-10/h4-5,7H,3,6H2,1-2H3,(H2,12,16)(H,14,18). The van der Waals surface area contributed by atoms with Crippen LogP contribution in [0.1, 0.15) is 30.7 Å². The zero-order chi connectivity index (χ0) is 13.8. The highest BCUT2D eigenvalue weighted by molar-refractivity contribution is 7.15. The Balaban J connectivity index is 1.94. The summed E-state index contributed by atoms with van der Waals surface area (Å²) in [4.78, 5) is 16.1. The van der Waals surface area contributed by atoms with Crippen molar-refractivity contribution in [2.75, 3.05) is 5.73 Å². The van der Waals surface area contributed by atoms with Crippen molar-refractivity contribution in [1.82, 2.24) is 25.1 Å². The predicted octanol–water partition coefficient (Wildman–Crippen LogP) is 0.757. The minimum Gasteiger partial charge on any atom is -0.374 e. The van der Waals surface area contributed by atoms with Crippen molar-refractivity contribution in [1.29, 1.82) is 0 Å². The summed E-state index contributed by atoms with van der Waals surface area (Å²) >= 11 is 1.28. The maximum atomic E-state index is 11.9. The molecule has 8 heteroatoms. The number of rotatable bonds is 5. The van der Waals surface area contributed by atoms with E-state index in [1.165, 1.54) is 11.3 Å². The Hall–Kier alpha value is -1.96. The SMILES string of the molecule is CCc1nccn1CC(=O)NC(C)c1nnc(N)s1. The minimum atomic E-state index is -0.198. The Morgan fingerprint density at radius 1 is 1.58 bits per heavy atom. The van der Waals surface area contributed by atoms with Crippen molar-refractivity contribution >= 4 is 22.4 Å². The van der Waals surface area contributed by atoms with Crippen LogP contribution in [0.3, 0.4) is 0 Å². The molecule has 0 saturated carbocycles. The number of nitrogens with two attached hydrogens (primary N) is 1. The molecule has 0 aliphatic heterocycles. The average molecular weight is 280 g/mol. The summed E-state index contributed by atoms with van der Waals surface area (Å²) in [6, 6.07) is -0.198. The number of aromatic nitrogens is 4. The summed E-state index contributed by atoms with van der Waals surface area (Å²) in [5, 5.41) is 11.6. The zero-order valence-corrected chi connectivity index (χ0v) is 11.6. The molecular weight excluding hydrogens is 264 g/mol. The zero-order valence-electron chi connectivity index (χ0n) is 10.8. The monoisotopic (exact) mass is 280 g/mol. The third-order valence-electron chi connectivity index (χ3n) is 2.64. The van der Waals surface area contributed by atoms with Gasteiger partial charge in [-0.2, -0.15) is 0 Å². The Morgan fingerprint density at radius 2 is 2.37 bits per heavy atom. The second kappa shape index (κ2) is 5.79. The van der Waals surface area contributed by atoms with Gasteiger partial charge in [-0.25, -0.2) is 4.98 Å². The first-order valence-electron chi connectivity index (χ1n) is 5.98. The van der Waals surface area contributed by atoms with Crippen LogP contribution in [0.15, 0.2) is 12.4 Å². The molecule has 0 fully saturated rings. The lowest BCUT2D eigenvalue weighted by Gasteiger charge is -2.12. The lowest BCUT2D eigenvalue weighted by atomic mass is 10.3. The third-order valence-corrected chi connectivity index (χ3v) is 3.57. The number of nitrogens with zero attached hydrogens (tertiary/aromatic N) is 4. The number of carbonyl (C=O) groups excluding carboxylic acids is 1. The van der Waals surface area contributed by atoms with Gasteiger partial charge in [0, 0.05) is 18.8 Å². The number of carbonyl (C=O) groups is 1. The van der Waals surface area contributed by atoms with Gasteiger partial charge in [0.1, 0.15) is 17.4 Å². The molecule has 19 heavy (non-hydrogen) atoms. The van der Waals surface area contributed by atoms with Crippen LogP contribution in [0.2, 0.25) is 0 Å². The highest BCUT2D eigenvalue weighted by atomic mass is 32.1. The molecule has 0 aliphatic rings. The number of amides is 1. The van der Waals surface area contributed by atoms with Crippen molar-refractivity contribution in [2.45, 2.75) is 32.9 Å². The topological polar surface area (TPSA) is 98.7 Å². The van der Waals surface area contributed by atoms with Gasteiger partial charge in [-0.1, -0.05) is 18.3 Å². The fourth-order valence-corrected chi connectivity index (χ4v) is 2.34. The van der Waals surface area contributed by atoms with Gasteiger partial charge in [-0.15, -0.1) is 10.2 Å². The molecular formula is C11H16N6OS. The summed E-state index contributed by atoms with van der Waals surface area (Å²) in [6.07, 6.45) is 4.29. The van der Waals surface area contributed by atoms with Gasteiger partial charge >= 0.3 is 0 Å². The largest absolute Gasteiger partial charge is 0.374 e. The van der Waals surface area contributed by atoms with Crippen LogP contribution < -0.4 is 11.1 Å². The summed E-state index contributed by atoms with van der Waals surface area (Å²) in [5.41, 5.74) is 5.51. The van der Waals surface area contributed by atoms with E-state index in [0.29, 0.717) is 10.1 Å². The molecule has 3 N–H and O–H groups in total. The summed E-state index contributed by atoms with van der Waals surface area (Å²) in [6.45, 7) is 4.11. The molecule has 2 rings (SSSR count). The van der Waals surface area contributed by atoms with Crippen LogP contribution in [0, 0.1) is 0 Å². The third kappa shape index (κ3) is 3.28. The second-order valence-corrected chi connectivity index (χ2v) is 5.13. The molecule has 2 aromatic rings. The molecule has 2 aromatic heterocycles. The van der Waals surface area contributed by atoms with Crippen LogP contribution in [-0.2, 0) is 17.8 Å². The van der Waals surface area contributed by atoms with Crippen molar-refractivity contribution in [2.24, 2.45) is 0 Å². The number of imidazole rings is 1. The number of anilines is 1. The first kappa shape index (κ1) is 13.5. The van der Waals surface area contributed by atoms with Gasteiger partial charge in [-0.3, -0.25) is 4.79 Å². The highest BCUT2D eigenvalue weighted by Gasteiger charge is 2.14. The molecule has 7 nitrogen and oxygen atoms in total. The van der Waals surface area contributed by atoms with E-state index in [-0.39, 0.29) is 18.5 Å². The quantitative estimate of drug-likeness (QED) is 0.842. The molecule has 1 atom stereocenters. The van der Waals surface area contributed by atoms with Crippen LogP contribution in [0.5, 0.6) is 0 Å². The Labute approximate surface area is 114 Å². The normalized spacial score (nSPS) is 12.3. The highest BCUT2D eigenvalue weighted by Crippen LogP contribution is 2.18. The number of nitrogens with one attached hydrogen (secondary N) is 1. The second-order valence-electron chi connectivity index (χ2n) is 4.09. The molecule has 0 spiro atoms. The van der Waals surface area contributed by atoms with Gasteiger partial charge < -0.3 is 15.6 Å². The van der Waals surface area contributed by atoms with E-state index < -0.39 is 0 Å². The van der Waals surface area contributed by atoms with E-state index >= 15 is 0 Å². The fourth-order valence-electron chi connectivity index (χ4n) is 1.72. The first-order valence-corrected chi connectivity index (χ1v) is 6.80. The predicted molar refractivity (Wildman–Crippen MR) is 72.5 cm³/mol. The van der Waals surface area contributed by atoms with E-state index in [1.54, 1.807) is 12.4 Å². The molecule has 0 aliphatic carbocycles. The van der Waals surface area contributed by atoms with Crippen LogP contribution in [0.25, 0.3) is 0 Å². The van der Waals surface area contributed by atoms with Crippen molar-refractivity contribution in [3.05, 3.63) is 23.2 Å². The number of hydrogen-bond donors (Lipinski definition) is 2. The van der Waals surface area contributed by atoms with Crippen LogP contribution >= 0.6 is 11.3 Å².